The van der Waals surface area contributed by atoms with E-state index in [1.165, 1.54) is 25.9 Å². The summed E-state index contributed by atoms with van der Waals surface area (Å²) in [4.78, 5) is 127. The predicted octanol–water partition coefficient (Wildman–Crippen LogP) is 8.63. The fraction of sp³-hybridized carbons (Fsp3) is 0.703. The Bertz CT molecular complexity index is 2360. The molecule has 5 amide bonds. The SMILES string of the molecule is C/C=C(\C)[C@H]1OC(=O)[C@@H](C)NC(=O)[C@H]([C@H](C)CC)NC(=O)CN(C)C(=O)[C@@H](Cc2ccc(Cl)cc2)N(C)C(=O)[C@H](CCCCCC(=O)CCOCCOCCOCCOCCCC(=O)CCSSC)NC(=O)[C@@H](CC(C)C)OC(=O)/C(C)=C/CC[C@@H]1C. The van der Waals surface area contributed by atoms with Crippen LogP contribution < -0.4 is 16.0 Å². The second-order valence-corrected chi connectivity index (χ2v) is 25.9. The van der Waals surface area contributed by atoms with Crippen LogP contribution in [0.3, 0.4) is 0 Å². The van der Waals surface area contributed by atoms with Crippen molar-refractivity contribution < 1.29 is 71.6 Å². The Kier molecular flexibility index (Phi) is 40.1. The van der Waals surface area contributed by atoms with Crippen LogP contribution in [-0.4, -0.2) is 185 Å². The molecule has 0 saturated carbocycles. The predicted molar refractivity (Wildman–Crippen MR) is 342 cm³/mol. The van der Waals surface area contributed by atoms with Crippen LogP contribution in [0.2, 0.25) is 5.02 Å². The van der Waals surface area contributed by atoms with Gasteiger partial charge in [0.25, 0.3) is 5.91 Å². The summed E-state index contributed by atoms with van der Waals surface area (Å²) in [5, 5.41) is 8.82. The maximum atomic E-state index is 15.0. The smallest absolute Gasteiger partial charge is 0.334 e. The normalized spacial score (nSPS) is 22.5. The first kappa shape index (κ1) is 78.3. The van der Waals surface area contributed by atoms with E-state index in [9.17, 15) is 43.2 Å². The van der Waals surface area contributed by atoms with Gasteiger partial charge in [-0.1, -0.05) is 111 Å². The first-order chi connectivity index (χ1) is 41.4. The molecule has 0 saturated heterocycles. The van der Waals surface area contributed by atoms with E-state index in [-0.39, 0.29) is 67.7 Å². The molecule has 1 aromatic carbocycles. The lowest BCUT2D eigenvalue weighted by Crippen LogP contribution is -2.58. The third-order valence-corrected chi connectivity index (χ3v) is 17.1. The monoisotopic (exact) mass is 1280 g/mol. The highest BCUT2D eigenvalue weighted by atomic mass is 35.5. The molecule has 1 heterocycles. The summed E-state index contributed by atoms with van der Waals surface area (Å²) in [6.07, 6.45) is 8.85. The van der Waals surface area contributed by atoms with Crippen LogP contribution in [0.15, 0.2) is 47.6 Å². The minimum absolute atomic E-state index is 0.00323. The number of nitrogens with one attached hydrogen (secondary N) is 3. The molecular weight excluding hydrogens is 1180 g/mol. The Morgan fingerprint density at radius 1 is 0.770 bits per heavy atom. The van der Waals surface area contributed by atoms with E-state index >= 15 is 0 Å². The van der Waals surface area contributed by atoms with E-state index in [1.54, 1.807) is 65.8 Å². The molecule has 2 rings (SSSR count). The molecule has 0 aromatic heterocycles. The number of likely N-dealkylation sites (N-methyl/N-ethyl adjacent to an activating group) is 2. The number of Topliss-reactive ketones (excluding diaryl/α,β-unsaturated/α-hetero) is 2. The third-order valence-electron chi connectivity index (χ3n) is 15.0. The molecule has 3 N–H and O–H groups in total. The van der Waals surface area contributed by atoms with Crippen LogP contribution in [0.1, 0.15) is 151 Å². The zero-order chi connectivity index (χ0) is 64.8. The first-order valence-corrected chi connectivity index (χ1v) is 33.9. The van der Waals surface area contributed by atoms with E-state index in [1.807, 2.05) is 53.9 Å². The summed E-state index contributed by atoms with van der Waals surface area (Å²) in [7, 11) is 6.21. The lowest BCUT2D eigenvalue weighted by Gasteiger charge is -2.34. The van der Waals surface area contributed by atoms with Crippen molar-refractivity contribution in [2.45, 2.75) is 189 Å². The van der Waals surface area contributed by atoms with Gasteiger partial charge in [0.15, 0.2) is 6.10 Å². The quantitative estimate of drug-likeness (QED) is 0.0258. The number of carbonyl (C=O) groups is 9. The summed E-state index contributed by atoms with van der Waals surface area (Å²) in [6.45, 7) is 18.6. The zero-order valence-corrected chi connectivity index (χ0v) is 56.2. The highest BCUT2D eigenvalue weighted by Gasteiger charge is 2.37. The maximum absolute atomic E-state index is 15.0. The number of halogens is 1. The number of carbonyl (C=O) groups excluding carboxylic acids is 9. The topological polar surface area (TPSA) is 252 Å². The molecule has 1 aromatic rings. The molecule has 23 heteroatoms. The zero-order valence-electron chi connectivity index (χ0n) is 53.8. The molecule has 0 radical (unpaired) electrons. The van der Waals surface area contributed by atoms with E-state index < -0.39 is 90.3 Å². The Hall–Kier alpha value is -4.84. The number of hydrogen-bond acceptors (Lipinski definition) is 17. The minimum Gasteiger partial charge on any atom is -0.456 e. The number of allylic oxidation sites excluding steroid dienone is 2. The minimum atomic E-state index is -1.30. The Labute approximate surface area is 530 Å². The molecular formula is C64H102ClN5O15S2. The van der Waals surface area contributed by atoms with Gasteiger partial charge >= 0.3 is 11.9 Å². The van der Waals surface area contributed by atoms with Gasteiger partial charge in [-0.3, -0.25) is 33.6 Å². The van der Waals surface area contributed by atoms with Gasteiger partial charge in [-0.15, -0.1) is 0 Å². The second kappa shape index (κ2) is 44.6. The molecule has 20 nitrogen and oxygen atoms in total. The van der Waals surface area contributed by atoms with Crippen molar-refractivity contribution in [2.75, 3.05) is 85.5 Å². The van der Waals surface area contributed by atoms with Crippen LogP contribution in [0, 0.1) is 17.8 Å². The van der Waals surface area contributed by atoms with Crippen molar-refractivity contribution in [1.29, 1.82) is 0 Å². The van der Waals surface area contributed by atoms with Crippen molar-refractivity contribution in [1.82, 2.24) is 25.8 Å². The van der Waals surface area contributed by atoms with Crippen molar-refractivity contribution in [3.05, 3.63) is 58.1 Å². The molecule has 0 unspecified atom stereocenters. The van der Waals surface area contributed by atoms with Crippen LogP contribution in [0.5, 0.6) is 0 Å². The number of cyclic esters (lactones) is 2. The summed E-state index contributed by atoms with van der Waals surface area (Å²) >= 11 is 6.25. The lowest BCUT2D eigenvalue weighted by atomic mass is 9.93. The molecule has 0 spiro atoms. The number of rotatable bonds is 33. The number of hydrogen-bond donors (Lipinski definition) is 3. The molecule has 1 aliphatic rings. The van der Waals surface area contributed by atoms with Crippen LogP contribution >= 0.6 is 33.2 Å². The summed E-state index contributed by atoms with van der Waals surface area (Å²) < 4.78 is 34.2. The van der Waals surface area contributed by atoms with Gasteiger partial charge in [0.2, 0.25) is 23.6 Å². The molecule has 0 bridgehead atoms. The largest absolute Gasteiger partial charge is 0.456 e. The number of amides is 5. The Balaban J connectivity index is 2.29. The number of nitrogens with zero attached hydrogens (tertiary/aromatic N) is 2. The van der Waals surface area contributed by atoms with Crippen LogP contribution in [0.25, 0.3) is 0 Å². The number of ketones is 2. The summed E-state index contributed by atoms with van der Waals surface area (Å²) in [6, 6.07) is 2.11. The van der Waals surface area contributed by atoms with Crippen molar-refractivity contribution >= 4 is 86.2 Å². The van der Waals surface area contributed by atoms with Crippen molar-refractivity contribution in [3.8, 4) is 0 Å². The van der Waals surface area contributed by atoms with Crippen molar-refractivity contribution in [2.24, 2.45) is 17.8 Å². The molecule has 1 aliphatic heterocycles. The standard InChI is InChI=1S/C64H102ClN5O15S2/c1-13-44(5)57-60(75)66-48(9)64(79)85-58(45(6)14-2)46(7)20-18-21-47(8)63(78)84-55(40-43(3)4)59(74)67-53(61(76)70(11)54(41-49-25-27-50(65)28-26-49)62(77)69(10)42-56(73)68-57)24-17-15-16-22-51(71)29-32-81-34-36-83-38-37-82-35-33-80-31-19-23-52(72)30-39-87-86-12/h14,21,25-28,43-44,46,48,53-55,57-58H,13,15-20,22-24,29-42H2,1-12H3,(H,66,75)(H,67,74)(H,68,73)/b45-14+,47-21+/t44-,46+,48-,53+,54-,55-,57+,58-/m1/s1. The average molecular weight is 1280 g/mol. The van der Waals surface area contributed by atoms with E-state index in [4.69, 9.17) is 40.0 Å². The number of unbranched alkanes of at least 4 members (excludes halogenated alkanes) is 2. The third kappa shape index (κ3) is 32.0. The van der Waals surface area contributed by atoms with Crippen molar-refractivity contribution in [3.63, 3.8) is 0 Å². The van der Waals surface area contributed by atoms with Gasteiger partial charge in [0, 0.05) is 69.2 Å². The van der Waals surface area contributed by atoms with Gasteiger partial charge < -0.3 is 54.2 Å². The molecule has 8 atom stereocenters. The number of ether oxygens (including phenoxy) is 6. The first-order valence-electron chi connectivity index (χ1n) is 30.8. The van der Waals surface area contributed by atoms with Gasteiger partial charge in [0.1, 0.15) is 41.8 Å². The Morgan fingerprint density at radius 3 is 1.99 bits per heavy atom. The van der Waals surface area contributed by atoms with Gasteiger partial charge in [-0.25, -0.2) is 9.59 Å². The molecule has 0 fully saturated rings. The van der Waals surface area contributed by atoms with E-state index in [0.717, 1.165) is 16.2 Å². The lowest BCUT2D eigenvalue weighted by molar-refractivity contribution is -0.154. The van der Waals surface area contributed by atoms with Crippen LogP contribution in [-0.2, 0) is 78.0 Å². The summed E-state index contributed by atoms with van der Waals surface area (Å²) in [5.74, 6) is -4.28. The number of benzene rings is 1. The average Bonchev–Trinajstić information content (AvgIpc) is 2.61. The highest BCUT2D eigenvalue weighted by molar-refractivity contribution is 8.76. The summed E-state index contributed by atoms with van der Waals surface area (Å²) in [5.41, 5.74) is 1.68. The fourth-order valence-corrected chi connectivity index (χ4v) is 10.7. The molecule has 492 valence electrons. The van der Waals surface area contributed by atoms with E-state index in [2.05, 4.69) is 16.0 Å². The molecule has 87 heavy (non-hydrogen) atoms. The Morgan fingerprint density at radius 2 is 1.38 bits per heavy atom. The van der Waals surface area contributed by atoms with Gasteiger partial charge in [0.05, 0.1) is 52.8 Å². The fourth-order valence-electron chi connectivity index (χ4n) is 9.35. The van der Waals surface area contributed by atoms with Gasteiger partial charge in [-0.05, 0) is 113 Å². The molecule has 0 aliphatic carbocycles. The maximum Gasteiger partial charge on any atom is 0.334 e. The second-order valence-electron chi connectivity index (χ2n) is 22.8. The highest BCUT2D eigenvalue weighted by Crippen LogP contribution is 2.24. The number of esters is 2. The van der Waals surface area contributed by atoms with Gasteiger partial charge in [-0.2, -0.15) is 0 Å². The van der Waals surface area contributed by atoms with Crippen LogP contribution in [0.4, 0.5) is 0 Å². The van der Waals surface area contributed by atoms with E-state index in [0.29, 0.717) is 115 Å².